The molecule has 0 spiro atoms. The number of rotatable bonds is 13. The van der Waals surface area contributed by atoms with Gasteiger partial charge in [0.05, 0.1) is 5.69 Å². The molecular formula is C61H53BN5-. The Morgan fingerprint density at radius 3 is 1.51 bits per heavy atom. The van der Waals surface area contributed by atoms with Crippen molar-refractivity contribution in [3.05, 3.63) is 204 Å². The summed E-state index contributed by atoms with van der Waals surface area (Å²) in [4.78, 5) is 4.78. The molecule has 0 atom stereocenters. The van der Waals surface area contributed by atoms with E-state index in [4.69, 9.17) is 0 Å². The molecule has 0 amide bonds. The third-order valence-corrected chi connectivity index (χ3v) is 14.7. The second-order valence-electron chi connectivity index (χ2n) is 19.5. The average molecular weight is 867 g/mol. The highest BCUT2D eigenvalue weighted by Crippen LogP contribution is 2.59. The van der Waals surface area contributed by atoms with Crippen molar-refractivity contribution in [1.82, 2.24) is 0 Å². The number of para-hydroxylation sites is 3. The van der Waals surface area contributed by atoms with Crippen LogP contribution in [0.5, 0.6) is 0 Å². The van der Waals surface area contributed by atoms with E-state index in [2.05, 4.69) is 213 Å². The predicted molar refractivity (Wildman–Crippen MR) is 278 cm³/mol. The largest absolute Gasteiger partial charge is 0.310 e. The van der Waals surface area contributed by atoms with Gasteiger partial charge in [-0.15, -0.1) is 24.2 Å². The van der Waals surface area contributed by atoms with Crippen LogP contribution < -0.4 is 9.80 Å². The highest BCUT2D eigenvalue weighted by atomic mass is 15.1. The summed E-state index contributed by atoms with van der Waals surface area (Å²) in [5, 5.41) is 30.5. The van der Waals surface area contributed by atoms with E-state index in [1.54, 1.807) is 0 Å². The van der Waals surface area contributed by atoms with Gasteiger partial charge in [0.25, 0.3) is 6.15 Å². The van der Waals surface area contributed by atoms with Gasteiger partial charge in [-0.3, -0.25) is 0 Å². The van der Waals surface area contributed by atoms with Crippen molar-refractivity contribution in [3.8, 4) is 40.2 Å². The van der Waals surface area contributed by atoms with E-state index >= 15 is 0 Å². The number of fused-ring (bicyclic) bond motifs is 8. The van der Waals surface area contributed by atoms with Gasteiger partial charge in [-0.1, -0.05) is 144 Å². The minimum atomic E-state index is -2.23. The summed E-state index contributed by atoms with van der Waals surface area (Å²) >= 11 is 0. The Hall–Kier alpha value is -7.85. The van der Waals surface area contributed by atoms with Gasteiger partial charge in [-0.05, 0) is 147 Å². The van der Waals surface area contributed by atoms with Gasteiger partial charge in [0.1, 0.15) is 0 Å². The first kappa shape index (κ1) is 43.1. The molecule has 0 radical (unpaired) electrons. The van der Waals surface area contributed by atoms with E-state index in [-0.39, 0.29) is 10.8 Å². The Bertz CT molecular complexity index is 3210. The highest BCUT2D eigenvalue weighted by molar-refractivity contribution is 6.99. The molecule has 0 saturated carbocycles. The Kier molecular flexibility index (Phi) is 11.0. The molecule has 0 bridgehead atoms. The van der Waals surface area contributed by atoms with Crippen molar-refractivity contribution in [3.63, 3.8) is 0 Å². The second-order valence-corrected chi connectivity index (χ2v) is 19.5. The summed E-state index contributed by atoms with van der Waals surface area (Å²) in [6.45, 7) is 9.59. The first-order chi connectivity index (χ1) is 32.6. The predicted octanol–water partition coefficient (Wildman–Crippen LogP) is 16.1. The second kappa shape index (κ2) is 17.2. The molecule has 2 aliphatic rings. The van der Waals surface area contributed by atoms with Gasteiger partial charge in [0, 0.05) is 44.7 Å². The molecule has 0 fully saturated rings. The van der Waals surface area contributed by atoms with Crippen LogP contribution in [-0.2, 0) is 17.3 Å². The zero-order chi connectivity index (χ0) is 46.3. The summed E-state index contributed by atoms with van der Waals surface area (Å²) in [7, 11) is 0. The molecule has 8 aromatic carbocycles. The molecule has 0 N–H and O–H groups in total. The third kappa shape index (κ3) is 7.43. The van der Waals surface area contributed by atoms with Crippen LogP contribution in [0.1, 0.15) is 81.2 Å². The number of aryl methyl sites for hydroxylation is 1. The van der Waals surface area contributed by atoms with Crippen LogP contribution in [-0.4, -0.2) is 6.15 Å². The summed E-state index contributed by atoms with van der Waals surface area (Å²) in [5.41, 5.74) is 18.3. The summed E-state index contributed by atoms with van der Waals surface area (Å²) in [5.74, 6) is 5.88. The monoisotopic (exact) mass is 866 g/mol. The molecule has 0 aliphatic heterocycles. The van der Waals surface area contributed by atoms with Crippen LogP contribution in [0.25, 0.3) is 33.0 Å². The lowest BCUT2D eigenvalue weighted by atomic mass is 9.26. The van der Waals surface area contributed by atoms with E-state index in [9.17, 15) is 15.8 Å². The van der Waals surface area contributed by atoms with Gasteiger partial charge in [-0.2, -0.15) is 0 Å². The number of nitriles is 3. The SMILES string of the molecule is CC1(C)c2cc(N(c3ccccc3)c3ccccc3)ccc2-c2cc3c(cc21)-c1c(cc(N(c2ccccc2)c2ccc(CCCCCC[B-](C#N)(C#N)C#N)cc2)c2ccccc12)C3(C)C. The Morgan fingerprint density at radius 1 is 0.418 bits per heavy atom. The Balaban J connectivity index is 1.00. The molecule has 326 valence electrons. The zero-order valence-corrected chi connectivity index (χ0v) is 38.8. The van der Waals surface area contributed by atoms with Crippen molar-refractivity contribution in [2.75, 3.05) is 9.80 Å². The summed E-state index contributed by atoms with van der Waals surface area (Å²) in [6, 6.07) is 64.6. The van der Waals surface area contributed by atoms with Crippen molar-refractivity contribution < 1.29 is 0 Å². The van der Waals surface area contributed by atoms with Crippen LogP contribution in [0.15, 0.2) is 176 Å². The molecule has 8 aromatic rings. The van der Waals surface area contributed by atoms with Gasteiger partial charge in [0.15, 0.2) is 0 Å². The quantitative estimate of drug-likeness (QED) is 0.0852. The first-order valence-electron chi connectivity index (χ1n) is 23.7. The average Bonchev–Trinajstić information content (AvgIpc) is 3.73. The number of unbranched alkanes of at least 4 members (excludes halogenated alkanes) is 3. The molecule has 6 heteroatoms. The summed E-state index contributed by atoms with van der Waals surface area (Å²) < 4.78 is 0. The van der Waals surface area contributed by atoms with Crippen LogP contribution >= 0.6 is 0 Å². The Labute approximate surface area is 395 Å². The smallest absolute Gasteiger partial charge is 0.298 e. The molecular weight excluding hydrogens is 814 g/mol. The van der Waals surface area contributed by atoms with Gasteiger partial charge >= 0.3 is 0 Å². The van der Waals surface area contributed by atoms with Crippen molar-refractivity contribution >= 4 is 51.0 Å². The molecule has 0 saturated heterocycles. The molecule has 0 heterocycles. The van der Waals surface area contributed by atoms with E-state index in [1.165, 1.54) is 60.8 Å². The highest BCUT2D eigenvalue weighted by Gasteiger charge is 2.43. The van der Waals surface area contributed by atoms with Crippen LogP contribution in [0.4, 0.5) is 34.1 Å². The number of hydrogen-bond acceptors (Lipinski definition) is 5. The molecule has 67 heavy (non-hydrogen) atoms. The number of hydrogen-bond donors (Lipinski definition) is 0. The first-order valence-corrected chi connectivity index (χ1v) is 23.7. The maximum Gasteiger partial charge on any atom is 0.298 e. The number of benzene rings is 8. The fraction of sp³-hybridized carbons (Fsp3) is 0.197. The molecule has 2 aliphatic carbocycles. The maximum atomic E-state index is 9.36. The number of nitrogens with zero attached hydrogens (tertiary/aromatic N) is 5. The van der Waals surface area contributed by atoms with Gasteiger partial charge in [0.2, 0.25) is 0 Å². The minimum absolute atomic E-state index is 0.227. The van der Waals surface area contributed by atoms with Gasteiger partial charge < -0.3 is 9.80 Å². The van der Waals surface area contributed by atoms with E-state index in [0.29, 0.717) is 6.32 Å². The molecule has 10 rings (SSSR count). The lowest BCUT2D eigenvalue weighted by molar-refractivity contribution is 0.652. The van der Waals surface area contributed by atoms with E-state index in [1.807, 2.05) is 17.9 Å². The van der Waals surface area contributed by atoms with Crippen LogP contribution in [0.3, 0.4) is 0 Å². The van der Waals surface area contributed by atoms with Crippen LogP contribution in [0, 0.1) is 33.7 Å². The fourth-order valence-electron chi connectivity index (χ4n) is 10.9. The third-order valence-electron chi connectivity index (χ3n) is 14.7. The van der Waals surface area contributed by atoms with Crippen molar-refractivity contribution in [2.24, 2.45) is 0 Å². The number of anilines is 6. The molecule has 0 aromatic heterocycles. The topological polar surface area (TPSA) is 77.8 Å². The fourth-order valence-corrected chi connectivity index (χ4v) is 10.9. The van der Waals surface area contributed by atoms with Crippen LogP contribution in [0.2, 0.25) is 6.32 Å². The lowest BCUT2D eigenvalue weighted by Crippen LogP contribution is -2.29. The normalized spacial score (nSPS) is 13.6. The Morgan fingerprint density at radius 2 is 0.896 bits per heavy atom. The van der Waals surface area contributed by atoms with Crippen molar-refractivity contribution in [1.29, 1.82) is 15.8 Å². The van der Waals surface area contributed by atoms with E-state index in [0.717, 1.165) is 66.2 Å². The molecule has 5 nitrogen and oxygen atoms in total. The minimum Gasteiger partial charge on any atom is -0.310 e. The molecule has 0 unspecified atom stereocenters. The van der Waals surface area contributed by atoms with E-state index < -0.39 is 6.15 Å². The lowest BCUT2D eigenvalue weighted by Gasteiger charge is -2.30. The maximum absolute atomic E-state index is 9.36. The zero-order valence-electron chi connectivity index (χ0n) is 38.8. The summed E-state index contributed by atoms with van der Waals surface area (Å²) in [6.07, 6.45) is 2.68. The van der Waals surface area contributed by atoms with Crippen molar-refractivity contribution in [2.45, 2.75) is 76.9 Å². The standard InChI is InChI=1S/C61H53BN5/c1-60(2)54-36-48(66(44-21-11-7-12-22-44)45-23-13-8-14-24-45)33-34-49(54)52-37-56-53(38-55(52)60)59-51-28-18-17-27-50(51)58(39-57(59)61(56,3)4)67(46-25-15-9-16-26-46)47-31-29-43(30-32-47)20-10-5-6-19-35-62(40-63,41-64)42-65/h7-9,11-18,21-34,36-39H,5-6,10,19-20,35H2,1-4H3/q-1. The van der Waals surface area contributed by atoms with Gasteiger partial charge in [-0.25, -0.2) is 15.8 Å².